The second kappa shape index (κ2) is 3.44. The van der Waals surface area contributed by atoms with E-state index < -0.39 is 0 Å². The van der Waals surface area contributed by atoms with E-state index in [1.54, 1.807) is 0 Å². The Bertz CT molecular complexity index is 179. The Labute approximate surface area is 73.9 Å². The first-order valence-corrected chi connectivity index (χ1v) is 4.58. The van der Waals surface area contributed by atoms with Crippen LogP contribution in [0, 0.1) is 5.92 Å². The van der Waals surface area contributed by atoms with E-state index in [9.17, 15) is 4.79 Å². The zero-order valence-electron chi connectivity index (χ0n) is 8.11. The lowest BCUT2D eigenvalue weighted by molar-refractivity contribution is -0.129. The highest BCUT2D eigenvalue weighted by Gasteiger charge is 2.35. The molecule has 70 valence electrons. The summed E-state index contributed by atoms with van der Waals surface area (Å²) < 4.78 is 0. The van der Waals surface area contributed by atoms with Crippen LogP contribution in [-0.4, -0.2) is 24.5 Å². The molecule has 0 saturated carbocycles. The van der Waals surface area contributed by atoms with Crippen molar-refractivity contribution in [1.82, 2.24) is 10.6 Å². The van der Waals surface area contributed by atoms with Crippen LogP contribution in [0.25, 0.3) is 0 Å². The first-order chi connectivity index (χ1) is 5.54. The Kier molecular flexibility index (Phi) is 2.73. The molecule has 1 heterocycles. The van der Waals surface area contributed by atoms with E-state index >= 15 is 0 Å². The zero-order valence-corrected chi connectivity index (χ0v) is 8.11. The summed E-state index contributed by atoms with van der Waals surface area (Å²) in [6.07, 6.45) is 0.902. The van der Waals surface area contributed by atoms with Crippen LogP contribution in [0.15, 0.2) is 0 Å². The highest BCUT2D eigenvalue weighted by Crippen LogP contribution is 2.17. The van der Waals surface area contributed by atoms with Crippen molar-refractivity contribution in [3.8, 4) is 0 Å². The molecule has 0 unspecified atom stereocenters. The molecular weight excluding hydrogens is 152 g/mol. The van der Waals surface area contributed by atoms with Gasteiger partial charge in [-0.15, -0.1) is 0 Å². The first-order valence-electron chi connectivity index (χ1n) is 4.58. The van der Waals surface area contributed by atoms with E-state index in [-0.39, 0.29) is 11.4 Å². The minimum atomic E-state index is -0.341. The molecule has 0 radical (unpaired) electrons. The predicted molar refractivity (Wildman–Crippen MR) is 48.9 cm³/mol. The van der Waals surface area contributed by atoms with E-state index in [0.717, 1.165) is 19.5 Å². The SMILES string of the molecule is CC(C)C[C@]1(C)NCCNC1=O. The van der Waals surface area contributed by atoms with E-state index in [2.05, 4.69) is 24.5 Å². The molecule has 1 rings (SSSR count). The lowest BCUT2D eigenvalue weighted by Gasteiger charge is -2.35. The van der Waals surface area contributed by atoms with Crippen LogP contribution in [0.1, 0.15) is 27.2 Å². The van der Waals surface area contributed by atoms with Crippen LogP contribution in [0.3, 0.4) is 0 Å². The van der Waals surface area contributed by atoms with Gasteiger partial charge in [0.25, 0.3) is 0 Å². The molecule has 1 fully saturated rings. The fraction of sp³-hybridized carbons (Fsp3) is 0.889. The van der Waals surface area contributed by atoms with Gasteiger partial charge in [-0.1, -0.05) is 13.8 Å². The van der Waals surface area contributed by atoms with Gasteiger partial charge >= 0.3 is 0 Å². The smallest absolute Gasteiger partial charge is 0.240 e. The van der Waals surface area contributed by atoms with Gasteiger partial charge in [0.1, 0.15) is 0 Å². The van der Waals surface area contributed by atoms with Crippen molar-refractivity contribution in [3.63, 3.8) is 0 Å². The normalized spacial score (nSPS) is 30.5. The summed E-state index contributed by atoms with van der Waals surface area (Å²) in [5, 5.41) is 6.14. The highest BCUT2D eigenvalue weighted by molar-refractivity contribution is 5.86. The molecule has 1 aliphatic rings. The molecule has 0 spiro atoms. The van der Waals surface area contributed by atoms with Crippen LogP contribution in [-0.2, 0) is 4.79 Å². The zero-order chi connectivity index (χ0) is 9.19. The van der Waals surface area contributed by atoms with E-state index in [1.807, 2.05) is 6.92 Å². The van der Waals surface area contributed by atoms with Crippen molar-refractivity contribution in [2.75, 3.05) is 13.1 Å². The summed E-state index contributed by atoms with van der Waals surface area (Å²) in [7, 11) is 0. The van der Waals surface area contributed by atoms with E-state index in [0.29, 0.717) is 5.92 Å². The number of nitrogens with one attached hydrogen (secondary N) is 2. The van der Waals surface area contributed by atoms with Crippen molar-refractivity contribution in [1.29, 1.82) is 0 Å². The molecule has 0 aromatic heterocycles. The number of carbonyl (C=O) groups excluding carboxylic acids is 1. The Morgan fingerprint density at radius 2 is 2.17 bits per heavy atom. The van der Waals surface area contributed by atoms with Crippen LogP contribution >= 0.6 is 0 Å². The summed E-state index contributed by atoms with van der Waals surface area (Å²) in [6, 6.07) is 0. The van der Waals surface area contributed by atoms with E-state index in [1.165, 1.54) is 0 Å². The second-order valence-corrected chi connectivity index (χ2v) is 4.11. The number of hydrogen-bond acceptors (Lipinski definition) is 2. The molecule has 1 aliphatic heterocycles. The monoisotopic (exact) mass is 170 g/mol. The average molecular weight is 170 g/mol. The van der Waals surface area contributed by atoms with E-state index in [4.69, 9.17) is 0 Å². The van der Waals surface area contributed by atoms with Gasteiger partial charge in [0.2, 0.25) is 5.91 Å². The molecule has 12 heavy (non-hydrogen) atoms. The maximum absolute atomic E-state index is 11.5. The van der Waals surface area contributed by atoms with Gasteiger partial charge in [-0.25, -0.2) is 0 Å². The van der Waals surface area contributed by atoms with Crippen molar-refractivity contribution in [2.24, 2.45) is 5.92 Å². The van der Waals surface area contributed by atoms with Crippen LogP contribution in [0.4, 0.5) is 0 Å². The fourth-order valence-electron chi connectivity index (χ4n) is 1.77. The van der Waals surface area contributed by atoms with Crippen molar-refractivity contribution >= 4 is 5.91 Å². The highest BCUT2D eigenvalue weighted by atomic mass is 16.2. The lowest BCUT2D eigenvalue weighted by Crippen LogP contribution is -2.61. The van der Waals surface area contributed by atoms with Gasteiger partial charge in [0.15, 0.2) is 0 Å². The van der Waals surface area contributed by atoms with Crippen molar-refractivity contribution in [3.05, 3.63) is 0 Å². The quantitative estimate of drug-likeness (QED) is 0.634. The third-order valence-corrected chi connectivity index (χ3v) is 2.24. The Balaban J connectivity index is 2.59. The molecule has 0 bridgehead atoms. The molecule has 1 amide bonds. The van der Waals surface area contributed by atoms with Gasteiger partial charge in [-0.05, 0) is 19.3 Å². The van der Waals surface area contributed by atoms with Gasteiger partial charge < -0.3 is 10.6 Å². The molecule has 3 heteroatoms. The summed E-state index contributed by atoms with van der Waals surface area (Å²) >= 11 is 0. The summed E-state index contributed by atoms with van der Waals surface area (Å²) in [5.41, 5.74) is -0.341. The minimum Gasteiger partial charge on any atom is -0.353 e. The minimum absolute atomic E-state index is 0.141. The number of rotatable bonds is 2. The molecule has 0 aliphatic carbocycles. The molecular formula is C9H18N2O. The molecule has 2 N–H and O–H groups in total. The number of piperazine rings is 1. The largest absolute Gasteiger partial charge is 0.353 e. The number of carbonyl (C=O) groups is 1. The number of amides is 1. The molecule has 0 aromatic rings. The van der Waals surface area contributed by atoms with Gasteiger partial charge in [0.05, 0.1) is 5.54 Å². The first kappa shape index (κ1) is 9.52. The fourth-order valence-corrected chi connectivity index (χ4v) is 1.77. The third kappa shape index (κ3) is 1.97. The molecule has 1 saturated heterocycles. The summed E-state index contributed by atoms with van der Waals surface area (Å²) in [6.45, 7) is 7.88. The standard InChI is InChI=1S/C9H18N2O/c1-7(2)6-9(3)8(12)10-4-5-11-9/h7,11H,4-6H2,1-3H3,(H,10,12)/t9-/m0/s1. The van der Waals surface area contributed by atoms with Gasteiger partial charge in [0, 0.05) is 13.1 Å². The summed E-state index contributed by atoms with van der Waals surface area (Å²) in [5.74, 6) is 0.689. The Hall–Kier alpha value is -0.570. The van der Waals surface area contributed by atoms with Gasteiger partial charge in [-0.2, -0.15) is 0 Å². The second-order valence-electron chi connectivity index (χ2n) is 4.11. The van der Waals surface area contributed by atoms with Crippen LogP contribution < -0.4 is 10.6 Å². The summed E-state index contributed by atoms with van der Waals surface area (Å²) in [4.78, 5) is 11.5. The Morgan fingerprint density at radius 1 is 1.50 bits per heavy atom. The topological polar surface area (TPSA) is 41.1 Å². The predicted octanol–water partition coefficient (Wildman–Crippen LogP) is 0.511. The lowest BCUT2D eigenvalue weighted by atomic mass is 9.88. The maximum Gasteiger partial charge on any atom is 0.240 e. The van der Waals surface area contributed by atoms with Crippen LogP contribution in [0.5, 0.6) is 0 Å². The van der Waals surface area contributed by atoms with Crippen LogP contribution in [0.2, 0.25) is 0 Å². The molecule has 0 aromatic carbocycles. The third-order valence-electron chi connectivity index (χ3n) is 2.24. The molecule has 1 atom stereocenters. The van der Waals surface area contributed by atoms with Gasteiger partial charge in [-0.3, -0.25) is 4.79 Å². The molecule has 3 nitrogen and oxygen atoms in total. The van der Waals surface area contributed by atoms with Crippen molar-refractivity contribution in [2.45, 2.75) is 32.7 Å². The van der Waals surface area contributed by atoms with Crippen molar-refractivity contribution < 1.29 is 4.79 Å². The Morgan fingerprint density at radius 3 is 2.67 bits per heavy atom. The number of hydrogen-bond donors (Lipinski definition) is 2. The maximum atomic E-state index is 11.5. The average Bonchev–Trinajstić information content (AvgIpc) is 1.94.